The summed E-state index contributed by atoms with van der Waals surface area (Å²) >= 11 is 0. The van der Waals surface area contributed by atoms with E-state index in [1.165, 1.54) is 32.1 Å². The first-order valence-corrected chi connectivity index (χ1v) is 5.84. The van der Waals surface area contributed by atoms with Crippen molar-refractivity contribution in [3.05, 3.63) is 0 Å². The molecule has 2 rings (SSSR count). The highest BCUT2D eigenvalue weighted by molar-refractivity contribution is 5.80. The van der Waals surface area contributed by atoms with Gasteiger partial charge in [0, 0.05) is 12.3 Å². The van der Waals surface area contributed by atoms with E-state index in [0.29, 0.717) is 11.7 Å². The van der Waals surface area contributed by atoms with Crippen molar-refractivity contribution < 1.29 is 4.79 Å². The van der Waals surface area contributed by atoms with Crippen molar-refractivity contribution in [2.75, 3.05) is 0 Å². The third-order valence-corrected chi connectivity index (χ3v) is 3.79. The number of Topliss-reactive ketones (excluding diaryl/α,β-unsaturated/α-hetero) is 1. The molecule has 0 heterocycles. The second kappa shape index (κ2) is 3.81. The van der Waals surface area contributed by atoms with Crippen LogP contribution in [0.25, 0.3) is 0 Å². The Kier molecular flexibility index (Phi) is 2.71. The van der Waals surface area contributed by atoms with Crippen molar-refractivity contribution in [3.8, 4) is 0 Å². The highest BCUT2D eigenvalue weighted by Crippen LogP contribution is 2.49. The zero-order valence-corrected chi connectivity index (χ0v) is 8.59. The molecule has 0 saturated heterocycles. The zero-order chi connectivity index (χ0) is 9.26. The molecule has 13 heavy (non-hydrogen) atoms. The van der Waals surface area contributed by atoms with Gasteiger partial charge >= 0.3 is 0 Å². The molecule has 0 aromatic heterocycles. The third-order valence-electron chi connectivity index (χ3n) is 3.79. The maximum atomic E-state index is 11.7. The van der Waals surface area contributed by atoms with Gasteiger partial charge in [-0.15, -0.1) is 0 Å². The van der Waals surface area contributed by atoms with Crippen LogP contribution in [-0.4, -0.2) is 5.78 Å². The fourth-order valence-corrected chi connectivity index (χ4v) is 2.76. The van der Waals surface area contributed by atoms with E-state index in [0.717, 1.165) is 24.7 Å². The van der Waals surface area contributed by atoms with Crippen molar-refractivity contribution in [1.29, 1.82) is 0 Å². The fourth-order valence-electron chi connectivity index (χ4n) is 2.76. The van der Waals surface area contributed by atoms with Gasteiger partial charge in [0.05, 0.1) is 0 Å². The van der Waals surface area contributed by atoms with E-state index in [-0.39, 0.29) is 0 Å². The van der Waals surface area contributed by atoms with E-state index in [4.69, 9.17) is 0 Å². The molecule has 2 unspecified atom stereocenters. The van der Waals surface area contributed by atoms with Crippen molar-refractivity contribution in [3.63, 3.8) is 0 Å². The third kappa shape index (κ3) is 2.12. The quantitative estimate of drug-likeness (QED) is 0.652. The molecule has 0 amide bonds. The topological polar surface area (TPSA) is 17.1 Å². The minimum Gasteiger partial charge on any atom is -0.299 e. The summed E-state index contributed by atoms with van der Waals surface area (Å²) in [6.07, 6.45) is 8.38. The van der Waals surface area contributed by atoms with Crippen LogP contribution in [0.5, 0.6) is 0 Å². The summed E-state index contributed by atoms with van der Waals surface area (Å²) in [5, 5.41) is 0. The summed E-state index contributed by atoms with van der Waals surface area (Å²) in [4.78, 5) is 11.7. The van der Waals surface area contributed by atoms with Crippen LogP contribution in [0.4, 0.5) is 0 Å². The summed E-state index contributed by atoms with van der Waals surface area (Å²) in [5.41, 5.74) is 0. The lowest BCUT2D eigenvalue weighted by Crippen LogP contribution is -2.13. The molecule has 0 bridgehead atoms. The summed E-state index contributed by atoms with van der Waals surface area (Å²) < 4.78 is 0. The smallest absolute Gasteiger partial charge is 0.135 e. The van der Waals surface area contributed by atoms with E-state index in [9.17, 15) is 4.79 Å². The molecule has 0 N–H and O–H groups in total. The molecule has 0 radical (unpaired) electrons. The Balaban J connectivity index is 1.82. The van der Waals surface area contributed by atoms with Gasteiger partial charge in [-0.3, -0.25) is 4.79 Å². The monoisotopic (exact) mass is 180 g/mol. The van der Waals surface area contributed by atoms with E-state index in [1.807, 2.05) is 0 Å². The molecule has 2 fully saturated rings. The fraction of sp³-hybridized carbons (Fsp3) is 0.917. The standard InChI is InChI=1S/C12H20O/c1-2-3-12(13)9-4-6-10-8-11(10)7-5-9/h9-11H,2-8H2,1H3. The van der Waals surface area contributed by atoms with Gasteiger partial charge in [-0.1, -0.05) is 6.92 Å². The number of carbonyl (C=O) groups excluding carboxylic acids is 1. The number of ketones is 1. The van der Waals surface area contributed by atoms with Gasteiger partial charge in [-0.05, 0) is 50.4 Å². The minimum absolute atomic E-state index is 0.438. The molecular formula is C12H20O. The Hall–Kier alpha value is -0.330. The Morgan fingerprint density at radius 1 is 1.15 bits per heavy atom. The summed E-state index contributed by atoms with van der Waals surface area (Å²) in [6, 6.07) is 0. The van der Waals surface area contributed by atoms with Crippen LogP contribution in [0.1, 0.15) is 51.9 Å². The lowest BCUT2D eigenvalue weighted by atomic mass is 9.92. The molecule has 0 aromatic rings. The predicted octanol–water partition coefficient (Wildman–Crippen LogP) is 3.18. The largest absolute Gasteiger partial charge is 0.299 e. The van der Waals surface area contributed by atoms with Crippen molar-refractivity contribution in [1.82, 2.24) is 0 Å². The van der Waals surface area contributed by atoms with Crippen LogP contribution in [-0.2, 0) is 4.79 Å². The normalized spacial score (nSPS) is 37.8. The maximum Gasteiger partial charge on any atom is 0.135 e. The SMILES string of the molecule is CCCC(=O)C1CCC2CC2CC1. The highest BCUT2D eigenvalue weighted by atomic mass is 16.1. The molecule has 1 nitrogen and oxygen atoms in total. The van der Waals surface area contributed by atoms with Crippen molar-refractivity contribution >= 4 is 5.78 Å². The van der Waals surface area contributed by atoms with Gasteiger partial charge in [0.15, 0.2) is 0 Å². The predicted molar refractivity (Wildman–Crippen MR) is 53.5 cm³/mol. The van der Waals surface area contributed by atoms with E-state index in [1.54, 1.807) is 0 Å². The first kappa shape index (κ1) is 9.23. The van der Waals surface area contributed by atoms with Crippen molar-refractivity contribution in [2.24, 2.45) is 17.8 Å². The number of carbonyl (C=O) groups is 1. The van der Waals surface area contributed by atoms with Crippen LogP contribution in [0, 0.1) is 17.8 Å². The van der Waals surface area contributed by atoms with E-state index in [2.05, 4.69) is 6.92 Å². The summed E-state index contributed by atoms with van der Waals surface area (Å²) in [6.45, 7) is 2.10. The van der Waals surface area contributed by atoms with Crippen LogP contribution in [0.3, 0.4) is 0 Å². The molecule has 74 valence electrons. The molecule has 2 aliphatic rings. The van der Waals surface area contributed by atoms with Gasteiger partial charge in [0.1, 0.15) is 5.78 Å². The molecular weight excluding hydrogens is 160 g/mol. The lowest BCUT2D eigenvalue weighted by molar-refractivity contribution is -0.123. The molecule has 0 spiro atoms. The minimum atomic E-state index is 0.438. The zero-order valence-electron chi connectivity index (χ0n) is 8.59. The number of hydrogen-bond acceptors (Lipinski definition) is 1. The molecule has 1 heteroatoms. The van der Waals surface area contributed by atoms with Gasteiger partial charge < -0.3 is 0 Å². The Bertz CT molecular complexity index is 185. The number of rotatable bonds is 3. The Labute approximate surface area is 80.9 Å². The van der Waals surface area contributed by atoms with Crippen LogP contribution in [0.2, 0.25) is 0 Å². The number of fused-ring (bicyclic) bond motifs is 1. The number of hydrogen-bond donors (Lipinski definition) is 0. The average molecular weight is 180 g/mol. The molecule has 2 aliphatic carbocycles. The van der Waals surface area contributed by atoms with E-state index >= 15 is 0 Å². The van der Waals surface area contributed by atoms with Gasteiger partial charge in [0.25, 0.3) is 0 Å². The summed E-state index contributed by atoms with van der Waals surface area (Å²) in [5.74, 6) is 3.01. The van der Waals surface area contributed by atoms with Gasteiger partial charge in [-0.2, -0.15) is 0 Å². The van der Waals surface area contributed by atoms with Crippen molar-refractivity contribution in [2.45, 2.75) is 51.9 Å². The van der Waals surface area contributed by atoms with Crippen LogP contribution >= 0.6 is 0 Å². The molecule has 2 atom stereocenters. The molecule has 0 aliphatic heterocycles. The van der Waals surface area contributed by atoms with Gasteiger partial charge in [0.2, 0.25) is 0 Å². The second-order valence-corrected chi connectivity index (χ2v) is 4.82. The molecule has 0 aromatic carbocycles. The van der Waals surface area contributed by atoms with Gasteiger partial charge in [-0.25, -0.2) is 0 Å². The summed E-state index contributed by atoms with van der Waals surface area (Å²) in [7, 11) is 0. The second-order valence-electron chi connectivity index (χ2n) is 4.82. The molecule has 2 saturated carbocycles. The van der Waals surface area contributed by atoms with Crippen LogP contribution < -0.4 is 0 Å². The first-order chi connectivity index (χ1) is 6.31. The van der Waals surface area contributed by atoms with Crippen LogP contribution in [0.15, 0.2) is 0 Å². The highest BCUT2D eigenvalue weighted by Gasteiger charge is 2.39. The average Bonchev–Trinajstić information content (AvgIpc) is 2.80. The first-order valence-electron chi connectivity index (χ1n) is 5.84. The lowest BCUT2D eigenvalue weighted by Gasteiger charge is -2.12. The Morgan fingerprint density at radius 2 is 1.77 bits per heavy atom. The van der Waals surface area contributed by atoms with E-state index < -0.39 is 0 Å². The Morgan fingerprint density at radius 3 is 2.31 bits per heavy atom. The maximum absolute atomic E-state index is 11.7.